The lowest BCUT2D eigenvalue weighted by molar-refractivity contribution is -0.123. The lowest BCUT2D eigenvalue weighted by Crippen LogP contribution is -2.33. The first-order valence-electron chi connectivity index (χ1n) is 15.1. The quantitative estimate of drug-likeness (QED) is 0.131. The number of amides is 1. The van der Waals surface area contributed by atoms with Crippen LogP contribution in [0, 0.1) is 13.5 Å². The van der Waals surface area contributed by atoms with Gasteiger partial charge in [0.1, 0.15) is 5.75 Å². The van der Waals surface area contributed by atoms with Crippen molar-refractivity contribution in [3.63, 3.8) is 0 Å². The number of ether oxygens (including phenoxy) is 1. The molecule has 0 bridgehead atoms. The van der Waals surface area contributed by atoms with Gasteiger partial charge in [-0.3, -0.25) is 10.1 Å². The number of hydrogen-bond donors (Lipinski definition) is 1. The smallest absolute Gasteiger partial charge is 0.350 e. The van der Waals surface area contributed by atoms with Gasteiger partial charge in [-0.1, -0.05) is 109 Å². The molecule has 0 spiro atoms. The summed E-state index contributed by atoms with van der Waals surface area (Å²) in [4.78, 5) is 16.3. The average Bonchev–Trinajstić information content (AvgIpc) is 3.28. The molecule has 0 radical (unpaired) electrons. The fourth-order valence-corrected chi connectivity index (χ4v) is 4.77. The Morgan fingerprint density at radius 2 is 1.50 bits per heavy atom. The van der Waals surface area contributed by atoms with Crippen molar-refractivity contribution in [1.29, 1.82) is 0 Å². The molecule has 1 aromatic heterocycles. The minimum Gasteiger partial charge on any atom is -0.481 e. The lowest BCUT2D eigenvalue weighted by atomic mass is 10.0. The number of nitrogens with zero attached hydrogens (tertiary/aromatic N) is 1. The summed E-state index contributed by atoms with van der Waals surface area (Å²) in [6.07, 6.45) is 20.6. The van der Waals surface area contributed by atoms with Crippen molar-refractivity contribution in [3.8, 4) is 5.75 Å². The number of anilines is 1. The Morgan fingerprint density at radius 3 is 2.08 bits per heavy atom. The Balaban J connectivity index is 1.70. The number of carbonyl (C=O) groups is 1. The zero-order chi connectivity index (χ0) is 27.4. The maximum absolute atomic E-state index is 13.0. The number of aryl methyl sites for hydroxylation is 2. The first-order chi connectivity index (χ1) is 18.6. The summed E-state index contributed by atoms with van der Waals surface area (Å²) in [5.41, 5.74) is 1.96. The minimum atomic E-state index is -0.608. The van der Waals surface area contributed by atoms with Crippen molar-refractivity contribution in [2.75, 3.05) is 5.32 Å². The molecule has 1 atom stereocenters. The molecule has 2 rings (SSSR count). The minimum absolute atomic E-state index is 0.201. The summed E-state index contributed by atoms with van der Waals surface area (Å²) in [5, 5.41) is 2.79. The van der Waals surface area contributed by atoms with Crippen molar-refractivity contribution >= 4 is 17.7 Å². The van der Waals surface area contributed by atoms with Gasteiger partial charge in [-0.25, -0.2) is 0 Å². The van der Waals surface area contributed by atoms with E-state index in [0.717, 1.165) is 25.0 Å². The SMILES string of the molecule is [C-]#[N+]c1oc(NC(=O)C(CCCC)Oc2cccc(CCCCCCCCCCCCCCC)c2)cc1C. The molecule has 0 aliphatic heterocycles. The van der Waals surface area contributed by atoms with Crippen molar-refractivity contribution in [2.45, 2.75) is 136 Å². The van der Waals surface area contributed by atoms with E-state index < -0.39 is 6.10 Å². The van der Waals surface area contributed by atoms with Gasteiger partial charge in [0.05, 0.1) is 6.57 Å². The van der Waals surface area contributed by atoms with Gasteiger partial charge in [0.2, 0.25) is 0 Å². The second kappa shape index (κ2) is 19.3. The maximum Gasteiger partial charge on any atom is 0.350 e. The summed E-state index contributed by atoms with van der Waals surface area (Å²) in [5.74, 6) is 0.975. The highest BCUT2D eigenvalue weighted by molar-refractivity contribution is 5.93. The third-order valence-electron chi connectivity index (χ3n) is 7.10. The van der Waals surface area contributed by atoms with Crippen LogP contribution in [0.15, 0.2) is 34.7 Å². The fourth-order valence-electron chi connectivity index (χ4n) is 4.77. The van der Waals surface area contributed by atoms with E-state index in [4.69, 9.17) is 15.7 Å². The number of nitrogens with one attached hydrogen (secondary N) is 1. The monoisotopic (exact) mass is 522 g/mol. The van der Waals surface area contributed by atoms with Gasteiger partial charge in [-0.2, -0.15) is 4.85 Å². The third-order valence-corrected chi connectivity index (χ3v) is 7.10. The van der Waals surface area contributed by atoms with Crippen LogP contribution < -0.4 is 10.1 Å². The van der Waals surface area contributed by atoms with Crippen LogP contribution >= 0.6 is 0 Å². The van der Waals surface area contributed by atoms with Crippen molar-refractivity contribution in [3.05, 3.63) is 52.9 Å². The zero-order valence-corrected chi connectivity index (χ0v) is 24.2. The molecular formula is C33H50N2O3. The second-order valence-corrected chi connectivity index (χ2v) is 10.6. The molecule has 1 unspecified atom stereocenters. The summed E-state index contributed by atoms with van der Waals surface area (Å²) in [6.45, 7) is 13.3. The molecule has 0 aliphatic carbocycles. The lowest BCUT2D eigenvalue weighted by Gasteiger charge is -2.18. The average molecular weight is 523 g/mol. The van der Waals surface area contributed by atoms with E-state index in [1.807, 2.05) is 12.1 Å². The highest BCUT2D eigenvalue weighted by Crippen LogP contribution is 2.27. The molecule has 0 fully saturated rings. The van der Waals surface area contributed by atoms with Crippen LogP contribution in [0.1, 0.15) is 128 Å². The highest BCUT2D eigenvalue weighted by atomic mass is 16.5. The molecule has 5 heteroatoms. The van der Waals surface area contributed by atoms with E-state index in [1.54, 1.807) is 13.0 Å². The van der Waals surface area contributed by atoms with Crippen LogP contribution in [0.4, 0.5) is 11.8 Å². The van der Waals surface area contributed by atoms with Crippen molar-refractivity contribution in [1.82, 2.24) is 0 Å². The van der Waals surface area contributed by atoms with Crippen molar-refractivity contribution < 1.29 is 13.9 Å². The zero-order valence-electron chi connectivity index (χ0n) is 24.2. The summed E-state index contributed by atoms with van der Waals surface area (Å²) >= 11 is 0. The van der Waals surface area contributed by atoms with Crippen molar-refractivity contribution in [2.24, 2.45) is 0 Å². The van der Waals surface area contributed by atoms with Crippen LogP contribution in [0.2, 0.25) is 0 Å². The Labute approximate surface area is 231 Å². The predicted octanol–water partition coefficient (Wildman–Crippen LogP) is 10.3. The largest absolute Gasteiger partial charge is 0.481 e. The Hall–Kier alpha value is -2.74. The number of hydrogen-bond acceptors (Lipinski definition) is 3. The molecule has 1 N–H and O–H groups in total. The summed E-state index contributed by atoms with van der Waals surface area (Å²) in [6, 6.07) is 9.83. The Morgan fingerprint density at radius 1 is 0.895 bits per heavy atom. The number of benzene rings is 1. The van der Waals surface area contributed by atoms with E-state index in [1.165, 1.54) is 89.0 Å². The molecule has 0 saturated carbocycles. The Bertz CT molecular complexity index is 959. The van der Waals surface area contributed by atoms with Gasteiger partial charge in [0.25, 0.3) is 5.91 Å². The molecule has 0 aliphatic rings. The van der Waals surface area contributed by atoms with Crippen LogP contribution in [-0.2, 0) is 11.2 Å². The van der Waals surface area contributed by atoms with Crippen LogP contribution in [0.5, 0.6) is 5.75 Å². The molecule has 1 aromatic carbocycles. The number of rotatable bonds is 21. The number of carbonyl (C=O) groups excluding carboxylic acids is 1. The molecule has 38 heavy (non-hydrogen) atoms. The van der Waals surface area contributed by atoms with Crippen LogP contribution in [-0.4, -0.2) is 12.0 Å². The van der Waals surface area contributed by atoms with Gasteiger partial charge < -0.3 is 9.15 Å². The second-order valence-electron chi connectivity index (χ2n) is 10.6. The predicted molar refractivity (Wildman–Crippen MR) is 158 cm³/mol. The van der Waals surface area contributed by atoms with Gasteiger partial charge >= 0.3 is 5.88 Å². The normalized spacial score (nSPS) is 11.7. The highest BCUT2D eigenvalue weighted by Gasteiger charge is 2.22. The van der Waals surface area contributed by atoms with Gasteiger partial charge in [-0.15, -0.1) is 0 Å². The molecule has 5 nitrogen and oxygen atoms in total. The third kappa shape index (κ3) is 12.7. The van der Waals surface area contributed by atoms with E-state index in [9.17, 15) is 4.79 Å². The first-order valence-corrected chi connectivity index (χ1v) is 15.1. The van der Waals surface area contributed by atoms with Crippen LogP contribution in [0.25, 0.3) is 4.85 Å². The Kier molecular flexibility index (Phi) is 16.0. The number of furan rings is 1. The van der Waals surface area contributed by atoms with Gasteiger partial charge in [-0.05, 0) is 61.9 Å². The molecule has 2 aromatic rings. The van der Waals surface area contributed by atoms with Gasteiger partial charge in [0, 0.05) is 0 Å². The molecule has 210 valence electrons. The van der Waals surface area contributed by atoms with E-state index in [0.29, 0.717) is 17.9 Å². The van der Waals surface area contributed by atoms with E-state index in [2.05, 4.69) is 36.1 Å². The first kappa shape index (κ1) is 31.5. The summed E-state index contributed by atoms with van der Waals surface area (Å²) < 4.78 is 11.6. The molecule has 1 amide bonds. The maximum atomic E-state index is 13.0. The topological polar surface area (TPSA) is 55.8 Å². The van der Waals surface area contributed by atoms with Gasteiger partial charge in [0.15, 0.2) is 12.0 Å². The molecule has 1 heterocycles. The standard InChI is InChI=1S/C33H50N2O3/c1-5-7-9-10-11-12-13-14-15-16-17-18-19-21-28-22-20-23-29(26-28)37-30(24-8-6-2)32(36)35-31-25-27(3)33(34-4)38-31/h20,22-23,25-26,30H,5-19,21,24H2,1-3H3,(H,35,36). The number of unbranched alkanes of at least 4 members (excludes halogenated alkanes) is 13. The molecule has 0 saturated heterocycles. The van der Waals surface area contributed by atoms with E-state index in [-0.39, 0.29) is 11.8 Å². The van der Waals surface area contributed by atoms with E-state index >= 15 is 0 Å². The molecular weight excluding hydrogens is 472 g/mol. The fraction of sp³-hybridized carbons (Fsp3) is 0.636. The van der Waals surface area contributed by atoms with Crippen LogP contribution in [0.3, 0.4) is 0 Å². The summed E-state index contributed by atoms with van der Waals surface area (Å²) in [7, 11) is 0.